The van der Waals surface area contributed by atoms with Gasteiger partial charge in [-0.25, -0.2) is 4.98 Å². The number of carbonyl (C=O) groups is 1. The molecule has 2 heterocycles. The maximum Gasteiger partial charge on any atom is 0.256 e. The summed E-state index contributed by atoms with van der Waals surface area (Å²) in [6, 6.07) is 11.9. The van der Waals surface area contributed by atoms with Gasteiger partial charge in [0.25, 0.3) is 5.91 Å². The Bertz CT molecular complexity index is 612. The zero-order chi connectivity index (χ0) is 14.7. The van der Waals surface area contributed by atoms with Gasteiger partial charge in [0.1, 0.15) is 5.82 Å². The first-order chi connectivity index (χ1) is 10.3. The summed E-state index contributed by atoms with van der Waals surface area (Å²) in [7, 11) is 0. The van der Waals surface area contributed by atoms with E-state index in [1.807, 2.05) is 29.2 Å². The fourth-order valence-corrected chi connectivity index (χ4v) is 2.54. The maximum absolute atomic E-state index is 12.5. The number of amides is 1. The molecule has 1 N–H and O–H groups in total. The highest BCUT2D eigenvalue weighted by Crippen LogP contribution is 2.23. The van der Waals surface area contributed by atoms with E-state index in [4.69, 9.17) is 0 Å². The molecule has 0 saturated carbocycles. The van der Waals surface area contributed by atoms with Gasteiger partial charge in [-0.1, -0.05) is 31.2 Å². The van der Waals surface area contributed by atoms with Gasteiger partial charge in [-0.05, 0) is 29.7 Å². The molecule has 4 heteroatoms. The molecule has 1 aliphatic rings. The quantitative estimate of drug-likeness (QED) is 0.936. The highest BCUT2D eigenvalue weighted by atomic mass is 16.2. The number of pyridine rings is 1. The predicted octanol–water partition coefficient (Wildman–Crippen LogP) is 3.06. The number of anilines is 1. The number of nitrogens with zero attached hydrogens (tertiary/aromatic N) is 2. The third kappa shape index (κ3) is 2.89. The summed E-state index contributed by atoms with van der Waals surface area (Å²) in [4.78, 5) is 18.7. The van der Waals surface area contributed by atoms with Gasteiger partial charge in [-0.2, -0.15) is 0 Å². The molecule has 0 bridgehead atoms. The van der Waals surface area contributed by atoms with E-state index in [-0.39, 0.29) is 5.91 Å². The first kappa shape index (κ1) is 13.6. The zero-order valence-corrected chi connectivity index (χ0v) is 12.2. The minimum absolute atomic E-state index is 0.0424. The van der Waals surface area contributed by atoms with Crippen LogP contribution in [-0.2, 0) is 13.1 Å². The molecule has 0 saturated heterocycles. The molecule has 1 aliphatic heterocycles. The Kier molecular flexibility index (Phi) is 3.86. The number of carbonyl (C=O) groups excluding carboxylic acids is 1. The van der Waals surface area contributed by atoms with Crippen molar-refractivity contribution in [2.75, 3.05) is 11.9 Å². The predicted molar refractivity (Wildman–Crippen MR) is 83.0 cm³/mol. The van der Waals surface area contributed by atoms with Crippen LogP contribution in [-0.4, -0.2) is 22.3 Å². The molecule has 0 fully saturated rings. The van der Waals surface area contributed by atoms with Gasteiger partial charge in [0, 0.05) is 25.8 Å². The standard InChI is InChI=1S/C17H19N3O/c1-2-9-18-16-8-7-13(10-19-16)17(21)20-11-14-5-3-4-6-15(14)12-20/h3-8,10H,2,9,11-12H2,1H3,(H,18,19). The topological polar surface area (TPSA) is 45.2 Å². The minimum atomic E-state index is 0.0424. The van der Waals surface area contributed by atoms with Crippen molar-refractivity contribution in [2.24, 2.45) is 0 Å². The summed E-state index contributed by atoms with van der Waals surface area (Å²) in [5.41, 5.74) is 3.12. The molecule has 3 rings (SSSR count). The smallest absolute Gasteiger partial charge is 0.256 e. The fourth-order valence-electron chi connectivity index (χ4n) is 2.54. The van der Waals surface area contributed by atoms with Crippen molar-refractivity contribution >= 4 is 11.7 Å². The second-order valence-electron chi connectivity index (χ2n) is 5.29. The van der Waals surface area contributed by atoms with Crippen molar-refractivity contribution in [1.82, 2.24) is 9.88 Å². The molecule has 2 aromatic rings. The van der Waals surface area contributed by atoms with E-state index in [1.165, 1.54) is 11.1 Å². The molecule has 0 radical (unpaired) electrons. The van der Waals surface area contributed by atoms with Crippen LogP contribution >= 0.6 is 0 Å². The average Bonchev–Trinajstić information content (AvgIpc) is 2.96. The summed E-state index contributed by atoms with van der Waals surface area (Å²) < 4.78 is 0. The Labute approximate surface area is 124 Å². The van der Waals surface area contributed by atoms with E-state index < -0.39 is 0 Å². The van der Waals surface area contributed by atoms with Crippen molar-refractivity contribution in [3.8, 4) is 0 Å². The Morgan fingerprint density at radius 3 is 2.48 bits per heavy atom. The largest absolute Gasteiger partial charge is 0.370 e. The van der Waals surface area contributed by atoms with Crippen LogP contribution in [0.25, 0.3) is 0 Å². The molecule has 0 spiro atoms. The van der Waals surface area contributed by atoms with Crippen molar-refractivity contribution in [1.29, 1.82) is 0 Å². The van der Waals surface area contributed by atoms with E-state index in [9.17, 15) is 4.79 Å². The first-order valence-electron chi connectivity index (χ1n) is 7.34. The van der Waals surface area contributed by atoms with Crippen LogP contribution in [0.15, 0.2) is 42.6 Å². The lowest BCUT2D eigenvalue weighted by atomic mass is 10.1. The first-order valence-corrected chi connectivity index (χ1v) is 7.34. The van der Waals surface area contributed by atoms with Crippen molar-refractivity contribution in [3.63, 3.8) is 0 Å². The lowest BCUT2D eigenvalue weighted by Gasteiger charge is -2.15. The van der Waals surface area contributed by atoms with Gasteiger partial charge in [-0.3, -0.25) is 4.79 Å². The monoisotopic (exact) mass is 281 g/mol. The summed E-state index contributed by atoms with van der Waals surface area (Å²) in [5.74, 6) is 0.860. The van der Waals surface area contributed by atoms with Crippen LogP contribution < -0.4 is 5.32 Å². The molecule has 1 aromatic heterocycles. The van der Waals surface area contributed by atoms with Gasteiger partial charge >= 0.3 is 0 Å². The molecule has 0 atom stereocenters. The molecule has 4 nitrogen and oxygen atoms in total. The molecule has 0 unspecified atom stereocenters. The van der Waals surface area contributed by atoms with Gasteiger partial charge in [-0.15, -0.1) is 0 Å². The van der Waals surface area contributed by atoms with Crippen molar-refractivity contribution < 1.29 is 4.79 Å². The van der Waals surface area contributed by atoms with E-state index in [2.05, 4.69) is 29.4 Å². The van der Waals surface area contributed by atoms with Gasteiger partial charge in [0.2, 0.25) is 0 Å². The Hall–Kier alpha value is -2.36. The van der Waals surface area contributed by atoms with Crippen molar-refractivity contribution in [3.05, 3.63) is 59.3 Å². The van der Waals surface area contributed by atoms with E-state index in [1.54, 1.807) is 6.20 Å². The van der Waals surface area contributed by atoms with Crippen LogP contribution in [0, 0.1) is 0 Å². The fraction of sp³-hybridized carbons (Fsp3) is 0.294. The number of aromatic nitrogens is 1. The Balaban J connectivity index is 1.69. The Morgan fingerprint density at radius 1 is 1.19 bits per heavy atom. The average molecular weight is 281 g/mol. The lowest BCUT2D eigenvalue weighted by Crippen LogP contribution is -2.25. The summed E-state index contributed by atoms with van der Waals surface area (Å²) in [6.45, 7) is 4.37. The lowest BCUT2D eigenvalue weighted by molar-refractivity contribution is 0.0751. The molecule has 1 amide bonds. The van der Waals surface area contributed by atoms with Crippen LogP contribution in [0.2, 0.25) is 0 Å². The highest BCUT2D eigenvalue weighted by Gasteiger charge is 2.23. The summed E-state index contributed by atoms with van der Waals surface area (Å²) >= 11 is 0. The molecular formula is C17H19N3O. The van der Waals surface area contributed by atoms with Crippen LogP contribution in [0.3, 0.4) is 0 Å². The number of fused-ring (bicyclic) bond motifs is 1. The number of hydrogen-bond donors (Lipinski definition) is 1. The van der Waals surface area contributed by atoms with E-state index in [0.717, 1.165) is 18.8 Å². The number of rotatable bonds is 4. The third-order valence-electron chi connectivity index (χ3n) is 3.69. The number of benzene rings is 1. The van der Waals surface area contributed by atoms with Crippen LogP contribution in [0.1, 0.15) is 34.8 Å². The number of hydrogen-bond acceptors (Lipinski definition) is 3. The second-order valence-corrected chi connectivity index (χ2v) is 5.29. The molecule has 1 aromatic carbocycles. The third-order valence-corrected chi connectivity index (χ3v) is 3.69. The van der Waals surface area contributed by atoms with E-state index in [0.29, 0.717) is 18.7 Å². The van der Waals surface area contributed by atoms with Gasteiger partial charge in [0.15, 0.2) is 0 Å². The number of nitrogens with one attached hydrogen (secondary N) is 1. The molecular weight excluding hydrogens is 262 g/mol. The molecule has 0 aliphatic carbocycles. The highest BCUT2D eigenvalue weighted by molar-refractivity contribution is 5.94. The normalized spacial score (nSPS) is 13.1. The Morgan fingerprint density at radius 2 is 1.90 bits per heavy atom. The molecule has 21 heavy (non-hydrogen) atoms. The molecule has 108 valence electrons. The van der Waals surface area contributed by atoms with Gasteiger partial charge < -0.3 is 10.2 Å². The summed E-state index contributed by atoms with van der Waals surface area (Å²) in [6.07, 6.45) is 2.71. The SMILES string of the molecule is CCCNc1ccc(C(=O)N2Cc3ccccc3C2)cn1. The zero-order valence-electron chi connectivity index (χ0n) is 12.2. The van der Waals surface area contributed by atoms with Crippen LogP contribution in [0.5, 0.6) is 0 Å². The van der Waals surface area contributed by atoms with E-state index >= 15 is 0 Å². The van der Waals surface area contributed by atoms with Gasteiger partial charge in [0.05, 0.1) is 5.56 Å². The second kappa shape index (κ2) is 5.95. The minimum Gasteiger partial charge on any atom is -0.370 e. The van der Waals surface area contributed by atoms with Crippen LogP contribution in [0.4, 0.5) is 5.82 Å². The van der Waals surface area contributed by atoms with Crippen molar-refractivity contribution in [2.45, 2.75) is 26.4 Å². The summed E-state index contributed by atoms with van der Waals surface area (Å²) in [5, 5.41) is 3.21. The maximum atomic E-state index is 12.5.